The van der Waals surface area contributed by atoms with Gasteiger partial charge in [-0.1, -0.05) is 48.5 Å². The first-order chi connectivity index (χ1) is 11.0. The summed E-state index contributed by atoms with van der Waals surface area (Å²) in [7, 11) is -3.89. The highest BCUT2D eigenvalue weighted by molar-refractivity contribution is 7.95. The van der Waals surface area contributed by atoms with Crippen molar-refractivity contribution in [2.24, 2.45) is 0 Å². The van der Waals surface area contributed by atoms with Crippen LogP contribution in [0.4, 0.5) is 5.69 Å². The molecule has 1 N–H and O–H groups in total. The van der Waals surface area contributed by atoms with E-state index < -0.39 is 22.0 Å². The number of anilines is 1. The maximum absolute atomic E-state index is 12.7. The van der Waals surface area contributed by atoms with Crippen molar-refractivity contribution < 1.29 is 18.3 Å². The Hall–Kier alpha value is -2.60. The number of rotatable bonds is 4. The number of benzene rings is 2. The fourth-order valence-electron chi connectivity index (χ4n) is 2.65. The molecule has 1 atom stereocenters. The normalized spacial score (nSPS) is 17.4. The van der Waals surface area contributed by atoms with Gasteiger partial charge in [-0.3, -0.25) is 4.31 Å². The zero-order valence-corrected chi connectivity index (χ0v) is 13.0. The molecule has 6 heteroatoms. The average molecular weight is 329 g/mol. The van der Waals surface area contributed by atoms with E-state index in [-0.39, 0.29) is 6.42 Å². The van der Waals surface area contributed by atoms with Crippen molar-refractivity contribution in [3.63, 3.8) is 0 Å². The minimum atomic E-state index is -3.89. The Bertz CT molecular complexity index is 859. The summed E-state index contributed by atoms with van der Waals surface area (Å²) in [6.45, 7) is 0. The van der Waals surface area contributed by atoms with E-state index in [0.29, 0.717) is 5.69 Å². The van der Waals surface area contributed by atoms with E-state index in [4.69, 9.17) is 0 Å². The number of carboxylic acid groups (broad SMARTS) is 1. The highest BCUT2D eigenvalue weighted by Crippen LogP contribution is 2.35. The minimum Gasteiger partial charge on any atom is -0.480 e. The summed E-state index contributed by atoms with van der Waals surface area (Å²) < 4.78 is 26.3. The molecular formula is C17H15NO4S. The lowest BCUT2D eigenvalue weighted by Crippen LogP contribution is -2.41. The van der Waals surface area contributed by atoms with E-state index in [9.17, 15) is 18.3 Å². The molecule has 5 nitrogen and oxygen atoms in total. The lowest BCUT2D eigenvalue weighted by atomic mass is 10.1. The van der Waals surface area contributed by atoms with Crippen molar-refractivity contribution in [3.8, 4) is 0 Å². The third kappa shape index (κ3) is 2.98. The molecule has 0 radical (unpaired) electrons. The van der Waals surface area contributed by atoms with Crippen LogP contribution in [0.15, 0.2) is 60.0 Å². The molecule has 0 spiro atoms. The number of carbonyl (C=O) groups is 1. The summed E-state index contributed by atoms with van der Waals surface area (Å²) >= 11 is 0. The van der Waals surface area contributed by atoms with E-state index in [1.165, 1.54) is 6.08 Å². The predicted molar refractivity (Wildman–Crippen MR) is 88.4 cm³/mol. The van der Waals surface area contributed by atoms with Crippen LogP contribution < -0.4 is 4.31 Å². The summed E-state index contributed by atoms with van der Waals surface area (Å²) in [5, 5.41) is 10.4. The molecule has 1 heterocycles. The van der Waals surface area contributed by atoms with E-state index in [0.717, 1.165) is 20.8 Å². The molecule has 2 aromatic rings. The molecule has 23 heavy (non-hydrogen) atoms. The maximum Gasteiger partial charge on any atom is 0.327 e. The zero-order valence-electron chi connectivity index (χ0n) is 12.2. The number of carboxylic acids is 1. The molecule has 0 fully saturated rings. The number of hydrogen-bond acceptors (Lipinski definition) is 3. The highest BCUT2D eigenvalue weighted by Gasteiger charge is 2.40. The van der Waals surface area contributed by atoms with Gasteiger partial charge >= 0.3 is 5.97 Å². The van der Waals surface area contributed by atoms with E-state index >= 15 is 0 Å². The van der Waals surface area contributed by atoms with Crippen LogP contribution in [-0.2, 0) is 21.2 Å². The molecule has 0 bridgehead atoms. The third-order valence-electron chi connectivity index (χ3n) is 3.72. The van der Waals surface area contributed by atoms with E-state index in [2.05, 4.69) is 0 Å². The fraction of sp³-hybridized carbons (Fsp3) is 0.118. The third-order valence-corrected chi connectivity index (χ3v) is 5.20. The molecular weight excluding hydrogens is 314 g/mol. The monoisotopic (exact) mass is 329 g/mol. The topological polar surface area (TPSA) is 74.7 Å². The van der Waals surface area contributed by atoms with Crippen LogP contribution in [0.1, 0.15) is 11.1 Å². The number of hydrogen-bond donors (Lipinski definition) is 1. The SMILES string of the molecule is O=C(O)C1Cc2ccccc2N1S(=O)(=O)/C=C/c1ccccc1. The van der Waals surface area contributed by atoms with Crippen LogP contribution in [0.2, 0.25) is 0 Å². The van der Waals surface area contributed by atoms with Gasteiger partial charge in [-0.05, 0) is 23.3 Å². The van der Waals surface area contributed by atoms with E-state index in [1.54, 1.807) is 48.5 Å². The van der Waals surface area contributed by atoms with Gasteiger partial charge in [-0.2, -0.15) is 0 Å². The van der Waals surface area contributed by atoms with Crippen molar-refractivity contribution in [1.82, 2.24) is 0 Å². The summed E-state index contributed by atoms with van der Waals surface area (Å²) in [5.74, 6) is -1.15. The molecule has 0 aliphatic carbocycles. The Labute approximate surface area is 134 Å². The van der Waals surface area contributed by atoms with Crippen LogP contribution in [0.25, 0.3) is 6.08 Å². The van der Waals surface area contributed by atoms with Crippen molar-refractivity contribution in [2.75, 3.05) is 4.31 Å². The molecule has 2 aromatic carbocycles. The Morgan fingerprint density at radius 3 is 2.43 bits per heavy atom. The van der Waals surface area contributed by atoms with Crippen molar-refractivity contribution in [2.45, 2.75) is 12.5 Å². The first kappa shape index (κ1) is 15.3. The van der Waals surface area contributed by atoms with Gasteiger partial charge in [0.2, 0.25) is 0 Å². The molecule has 1 aliphatic rings. The van der Waals surface area contributed by atoms with Gasteiger partial charge in [0.05, 0.1) is 11.1 Å². The summed E-state index contributed by atoms with van der Waals surface area (Å²) in [4.78, 5) is 11.5. The second-order valence-electron chi connectivity index (χ2n) is 5.24. The first-order valence-electron chi connectivity index (χ1n) is 7.07. The number of sulfonamides is 1. The lowest BCUT2D eigenvalue weighted by Gasteiger charge is -2.22. The molecule has 1 aliphatic heterocycles. The second-order valence-corrected chi connectivity index (χ2v) is 6.94. The van der Waals surface area contributed by atoms with Gasteiger partial charge in [0, 0.05) is 6.42 Å². The Kier molecular flexibility index (Phi) is 3.92. The zero-order chi connectivity index (χ0) is 16.4. The standard InChI is InChI=1S/C17H15NO4S/c19-17(20)16-12-14-8-4-5-9-15(14)18(16)23(21,22)11-10-13-6-2-1-3-7-13/h1-11,16H,12H2,(H,19,20)/b11-10+. The molecule has 0 amide bonds. The highest BCUT2D eigenvalue weighted by atomic mass is 32.2. The molecule has 0 saturated heterocycles. The molecule has 1 unspecified atom stereocenters. The average Bonchev–Trinajstić information content (AvgIpc) is 2.95. The summed E-state index contributed by atoms with van der Waals surface area (Å²) in [6, 6.07) is 14.7. The largest absolute Gasteiger partial charge is 0.480 e. The quantitative estimate of drug-likeness (QED) is 0.935. The predicted octanol–water partition coefficient (Wildman–Crippen LogP) is 2.50. The Morgan fingerprint density at radius 1 is 1.09 bits per heavy atom. The smallest absolute Gasteiger partial charge is 0.327 e. The van der Waals surface area contributed by atoms with Gasteiger partial charge in [-0.15, -0.1) is 0 Å². The summed E-state index contributed by atoms with van der Waals surface area (Å²) in [6.07, 6.45) is 1.64. The lowest BCUT2D eigenvalue weighted by molar-refractivity contribution is -0.138. The Morgan fingerprint density at radius 2 is 1.74 bits per heavy atom. The number of nitrogens with zero attached hydrogens (tertiary/aromatic N) is 1. The molecule has 0 saturated carbocycles. The van der Waals surface area contributed by atoms with Gasteiger partial charge < -0.3 is 5.11 Å². The van der Waals surface area contributed by atoms with Gasteiger partial charge in [0.1, 0.15) is 6.04 Å². The van der Waals surface area contributed by atoms with Crippen LogP contribution in [0.3, 0.4) is 0 Å². The maximum atomic E-state index is 12.7. The molecule has 118 valence electrons. The first-order valence-corrected chi connectivity index (χ1v) is 8.57. The number of fused-ring (bicyclic) bond motifs is 1. The van der Waals surface area contributed by atoms with Crippen molar-refractivity contribution in [3.05, 3.63) is 71.1 Å². The van der Waals surface area contributed by atoms with Crippen molar-refractivity contribution >= 4 is 27.8 Å². The van der Waals surface area contributed by atoms with Crippen molar-refractivity contribution in [1.29, 1.82) is 0 Å². The molecule has 0 aromatic heterocycles. The van der Waals surface area contributed by atoms with Gasteiger partial charge in [-0.25, -0.2) is 13.2 Å². The minimum absolute atomic E-state index is 0.171. The van der Waals surface area contributed by atoms with Crippen LogP contribution in [0, 0.1) is 0 Å². The number of aliphatic carboxylic acids is 1. The van der Waals surface area contributed by atoms with E-state index in [1.807, 2.05) is 6.07 Å². The second kappa shape index (κ2) is 5.89. The number of para-hydroxylation sites is 1. The van der Waals surface area contributed by atoms with Crippen LogP contribution in [0.5, 0.6) is 0 Å². The summed E-state index contributed by atoms with van der Waals surface area (Å²) in [5.41, 5.74) is 1.88. The van der Waals surface area contributed by atoms with Gasteiger partial charge in [0.25, 0.3) is 10.0 Å². The fourth-order valence-corrected chi connectivity index (χ4v) is 4.09. The molecule has 3 rings (SSSR count). The Balaban J connectivity index is 2.00. The van der Waals surface area contributed by atoms with Gasteiger partial charge in [0.15, 0.2) is 0 Å². The van der Waals surface area contributed by atoms with Crippen LogP contribution in [-0.4, -0.2) is 25.5 Å². The van der Waals surface area contributed by atoms with Crippen LogP contribution >= 0.6 is 0 Å².